The summed E-state index contributed by atoms with van der Waals surface area (Å²) in [5.41, 5.74) is 6.99. The number of hydrogen-bond donors (Lipinski definition) is 0. The fraction of sp³-hybridized carbons (Fsp3) is 0.222. The lowest BCUT2D eigenvalue weighted by atomic mass is 9.91. The van der Waals surface area contributed by atoms with Gasteiger partial charge in [0.05, 0.1) is 5.52 Å². The zero-order valence-corrected chi connectivity index (χ0v) is 21.4. The summed E-state index contributed by atoms with van der Waals surface area (Å²) in [4.78, 5) is 5.18. The van der Waals surface area contributed by atoms with Gasteiger partial charge >= 0.3 is 0 Å². The minimum absolute atomic E-state index is 0.179. The van der Waals surface area contributed by atoms with Crippen LogP contribution in [0.4, 0.5) is 0 Å². The molecule has 4 heteroatoms. The number of halogens is 2. The highest BCUT2D eigenvalue weighted by molar-refractivity contribution is 9.10. The first-order valence-electron chi connectivity index (χ1n) is 10.6. The second-order valence-electron chi connectivity index (χ2n) is 8.29. The molecule has 0 spiro atoms. The van der Waals surface area contributed by atoms with Crippen molar-refractivity contribution in [2.75, 3.05) is 0 Å². The van der Waals surface area contributed by atoms with Crippen molar-refractivity contribution in [3.63, 3.8) is 0 Å². The number of para-hydroxylation sites is 1. The van der Waals surface area contributed by atoms with Gasteiger partial charge in [-0.05, 0) is 69.2 Å². The number of fused-ring (bicyclic) bond motifs is 1. The summed E-state index contributed by atoms with van der Waals surface area (Å²) in [6, 6.07) is 26.3. The lowest BCUT2D eigenvalue weighted by Crippen LogP contribution is -2.28. The van der Waals surface area contributed by atoms with E-state index in [2.05, 4.69) is 137 Å². The predicted molar refractivity (Wildman–Crippen MR) is 139 cm³/mol. The molecule has 0 fully saturated rings. The molecule has 1 heterocycles. The lowest BCUT2D eigenvalue weighted by molar-refractivity contribution is 0.582. The molecule has 0 atom stereocenters. The highest BCUT2D eigenvalue weighted by Crippen LogP contribution is 2.37. The van der Waals surface area contributed by atoms with Crippen molar-refractivity contribution in [3.8, 4) is 22.3 Å². The average molecular weight is 538 g/mol. The van der Waals surface area contributed by atoms with Crippen molar-refractivity contribution in [1.82, 2.24) is 4.57 Å². The lowest BCUT2D eigenvalue weighted by Gasteiger charge is -2.23. The first kappa shape index (κ1) is 22.0. The highest BCUT2D eigenvalue weighted by atomic mass is 79.9. The number of aromatic nitrogens is 1. The van der Waals surface area contributed by atoms with Crippen LogP contribution >= 0.6 is 31.9 Å². The fourth-order valence-corrected chi connectivity index (χ4v) is 4.61. The molecule has 1 aromatic heterocycles. The summed E-state index contributed by atoms with van der Waals surface area (Å²) >= 11 is 7.18. The van der Waals surface area contributed by atoms with Crippen LogP contribution in [-0.4, -0.2) is 10.6 Å². The third-order valence-electron chi connectivity index (χ3n) is 5.30. The van der Waals surface area contributed by atoms with E-state index < -0.39 is 0 Å². The van der Waals surface area contributed by atoms with E-state index in [9.17, 15) is 0 Å². The molecule has 3 aromatic carbocycles. The monoisotopic (exact) mass is 536 g/mol. The minimum atomic E-state index is 0.179. The van der Waals surface area contributed by atoms with E-state index >= 15 is 0 Å². The van der Waals surface area contributed by atoms with E-state index in [0.717, 1.165) is 14.4 Å². The molecule has 0 bridgehead atoms. The molecule has 2 nitrogen and oxygen atoms in total. The highest BCUT2D eigenvalue weighted by Gasteiger charge is 2.20. The van der Waals surface area contributed by atoms with Crippen LogP contribution in [0.1, 0.15) is 33.7 Å². The Kier molecular flexibility index (Phi) is 6.49. The standard InChI is InChI=1S/C27H26Br2N2/c1-17(2)30-27-26(20-11-15-22(29)16-12-20)25(19-9-13-21(28)14-10-19)23-7-5-6-8-24(23)31(27)18(3)4/h5-18H,1-4H3. The Morgan fingerprint density at radius 3 is 1.71 bits per heavy atom. The Morgan fingerprint density at radius 1 is 0.677 bits per heavy atom. The molecule has 0 unspecified atom stereocenters. The Hall–Kier alpha value is -2.17. The van der Waals surface area contributed by atoms with E-state index in [4.69, 9.17) is 4.99 Å². The molecule has 0 N–H and O–H groups in total. The Balaban J connectivity index is 2.28. The zero-order valence-electron chi connectivity index (χ0n) is 18.2. The Morgan fingerprint density at radius 2 is 1.19 bits per heavy atom. The van der Waals surface area contributed by atoms with Gasteiger partial charge in [-0.15, -0.1) is 0 Å². The number of pyridine rings is 1. The van der Waals surface area contributed by atoms with Crippen molar-refractivity contribution < 1.29 is 0 Å². The maximum Gasteiger partial charge on any atom is 0.137 e. The van der Waals surface area contributed by atoms with Gasteiger partial charge in [0.2, 0.25) is 0 Å². The maximum absolute atomic E-state index is 5.18. The smallest absolute Gasteiger partial charge is 0.137 e. The van der Waals surface area contributed by atoms with Crippen molar-refractivity contribution in [1.29, 1.82) is 0 Å². The van der Waals surface area contributed by atoms with Gasteiger partial charge < -0.3 is 4.57 Å². The van der Waals surface area contributed by atoms with Gasteiger partial charge in [0.25, 0.3) is 0 Å². The van der Waals surface area contributed by atoms with Gasteiger partial charge in [-0.1, -0.05) is 74.3 Å². The summed E-state index contributed by atoms with van der Waals surface area (Å²) in [5.74, 6) is 0. The summed E-state index contributed by atoms with van der Waals surface area (Å²) in [6.45, 7) is 8.75. The van der Waals surface area contributed by atoms with Gasteiger partial charge in [0.1, 0.15) is 5.49 Å². The van der Waals surface area contributed by atoms with E-state index in [-0.39, 0.29) is 12.1 Å². The molecule has 0 aliphatic rings. The summed E-state index contributed by atoms with van der Waals surface area (Å²) in [5, 5.41) is 1.24. The van der Waals surface area contributed by atoms with Crippen LogP contribution in [0.15, 0.2) is 86.7 Å². The number of benzene rings is 3. The van der Waals surface area contributed by atoms with Crippen LogP contribution in [0.5, 0.6) is 0 Å². The van der Waals surface area contributed by atoms with Gasteiger partial charge in [0, 0.05) is 37.5 Å². The molecular weight excluding hydrogens is 512 g/mol. The SMILES string of the molecule is CC(C)N=c1c(-c2ccc(Br)cc2)c(-c2ccc(Br)cc2)c2ccccc2n1C(C)C. The zero-order chi connectivity index (χ0) is 22.1. The summed E-state index contributed by atoms with van der Waals surface area (Å²) < 4.78 is 4.53. The van der Waals surface area contributed by atoms with Crippen LogP contribution in [0.25, 0.3) is 33.2 Å². The molecule has 158 valence electrons. The Labute approximate surface area is 200 Å². The topological polar surface area (TPSA) is 17.3 Å². The molecule has 0 aliphatic heterocycles. The normalized spacial score (nSPS) is 12.3. The largest absolute Gasteiger partial charge is 0.323 e. The molecule has 0 aliphatic carbocycles. The Bertz CT molecular complexity index is 1280. The second-order valence-corrected chi connectivity index (χ2v) is 10.1. The van der Waals surface area contributed by atoms with E-state index in [1.54, 1.807) is 0 Å². The molecule has 0 radical (unpaired) electrons. The van der Waals surface area contributed by atoms with E-state index in [1.165, 1.54) is 33.2 Å². The average Bonchev–Trinajstić information content (AvgIpc) is 2.73. The third kappa shape index (κ3) is 4.42. The molecule has 0 saturated carbocycles. The molecule has 0 amide bonds. The number of hydrogen-bond acceptors (Lipinski definition) is 1. The van der Waals surface area contributed by atoms with Crippen molar-refractivity contribution in [2.24, 2.45) is 4.99 Å². The molecule has 31 heavy (non-hydrogen) atoms. The van der Waals surface area contributed by atoms with Crippen molar-refractivity contribution in [2.45, 2.75) is 39.8 Å². The number of rotatable bonds is 4. The van der Waals surface area contributed by atoms with Crippen LogP contribution in [0.2, 0.25) is 0 Å². The van der Waals surface area contributed by atoms with Gasteiger partial charge in [-0.3, -0.25) is 4.99 Å². The summed E-state index contributed by atoms with van der Waals surface area (Å²) in [7, 11) is 0. The van der Waals surface area contributed by atoms with E-state index in [1.807, 2.05) is 0 Å². The first-order chi connectivity index (χ1) is 14.9. The minimum Gasteiger partial charge on any atom is -0.323 e. The fourth-order valence-electron chi connectivity index (χ4n) is 4.08. The molecule has 4 rings (SSSR count). The van der Waals surface area contributed by atoms with Crippen LogP contribution in [0, 0.1) is 0 Å². The quantitative estimate of drug-likeness (QED) is 0.248. The summed E-state index contributed by atoms with van der Waals surface area (Å²) in [6.07, 6.45) is 0. The van der Waals surface area contributed by atoms with Crippen LogP contribution in [-0.2, 0) is 0 Å². The van der Waals surface area contributed by atoms with Gasteiger partial charge in [-0.25, -0.2) is 0 Å². The maximum atomic E-state index is 5.18. The second kappa shape index (κ2) is 9.13. The van der Waals surface area contributed by atoms with Crippen molar-refractivity contribution in [3.05, 3.63) is 87.2 Å². The van der Waals surface area contributed by atoms with Crippen molar-refractivity contribution >= 4 is 42.8 Å². The van der Waals surface area contributed by atoms with Gasteiger partial charge in [-0.2, -0.15) is 0 Å². The molecule has 4 aromatic rings. The molecule has 0 saturated heterocycles. The third-order valence-corrected chi connectivity index (χ3v) is 6.35. The predicted octanol–water partition coefficient (Wildman–Crippen LogP) is 8.39. The molecular formula is C27H26Br2N2. The van der Waals surface area contributed by atoms with Crippen LogP contribution < -0.4 is 5.49 Å². The van der Waals surface area contributed by atoms with E-state index in [0.29, 0.717) is 0 Å². The van der Waals surface area contributed by atoms with Gasteiger partial charge in [0.15, 0.2) is 0 Å². The van der Waals surface area contributed by atoms with Crippen LogP contribution in [0.3, 0.4) is 0 Å². The first-order valence-corrected chi connectivity index (χ1v) is 12.2. The number of nitrogens with zero attached hydrogens (tertiary/aromatic N) is 2.